The SMILES string of the molecule is CCC(C)NC(C)Cc1c(F)cccc1F. The lowest BCUT2D eigenvalue weighted by atomic mass is 10.0. The Morgan fingerprint density at radius 1 is 1.12 bits per heavy atom. The van der Waals surface area contributed by atoms with Crippen molar-refractivity contribution in [2.45, 2.75) is 45.7 Å². The molecule has 0 spiro atoms. The summed E-state index contributed by atoms with van der Waals surface area (Å²) in [7, 11) is 0. The van der Waals surface area contributed by atoms with E-state index < -0.39 is 11.6 Å². The third kappa shape index (κ3) is 3.56. The Balaban J connectivity index is 2.66. The Hall–Kier alpha value is -0.960. The molecule has 2 unspecified atom stereocenters. The van der Waals surface area contributed by atoms with Crippen LogP contribution in [0, 0.1) is 11.6 Å². The topological polar surface area (TPSA) is 12.0 Å². The number of rotatable bonds is 5. The summed E-state index contributed by atoms with van der Waals surface area (Å²) in [5.74, 6) is -0.921. The molecule has 0 radical (unpaired) electrons. The Kier molecular flexibility index (Phi) is 4.87. The Morgan fingerprint density at radius 2 is 1.69 bits per heavy atom. The zero-order chi connectivity index (χ0) is 12.1. The molecule has 0 aromatic heterocycles. The number of halogens is 2. The molecule has 90 valence electrons. The van der Waals surface area contributed by atoms with Gasteiger partial charge in [0, 0.05) is 17.6 Å². The van der Waals surface area contributed by atoms with Crippen LogP contribution < -0.4 is 5.32 Å². The monoisotopic (exact) mass is 227 g/mol. The van der Waals surface area contributed by atoms with E-state index in [1.54, 1.807) is 0 Å². The molecule has 0 saturated carbocycles. The molecule has 2 atom stereocenters. The summed E-state index contributed by atoms with van der Waals surface area (Å²) in [4.78, 5) is 0. The first kappa shape index (κ1) is 13.1. The standard InChI is InChI=1S/C13H19F2N/c1-4-9(2)16-10(3)8-11-12(14)6-5-7-13(11)15/h5-7,9-10,16H,4,8H2,1-3H3. The van der Waals surface area contributed by atoms with E-state index in [9.17, 15) is 8.78 Å². The third-order valence-electron chi connectivity index (χ3n) is 2.75. The molecule has 1 rings (SSSR count). The van der Waals surface area contributed by atoms with Crippen molar-refractivity contribution in [1.82, 2.24) is 5.32 Å². The van der Waals surface area contributed by atoms with Gasteiger partial charge in [0.2, 0.25) is 0 Å². The van der Waals surface area contributed by atoms with Crippen molar-refractivity contribution in [2.75, 3.05) is 0 Å². The fraction of sp³-hybridized carbons (Fsp3) is 0.538. The highest BCUT2D eigenvalue weighted by Gasteiger charge is 2.13. The van der Waals surface area contributed by atoms with Gasteiger partial charge >= 0.3 is 0 Å². The summed E-state index contributed by atoms with van der Waals surface area (Å²) in [6, 6.07) is 4.43. The van der Waals surface area contributed by atoms with Gasteiger partial charge in [-0.05, 0) is 38.8 Å². The van der Waals surface area contributed by atoms with E-state index in [4.69, 9.17) is 0 Å². The molecular weight excluding hydrogens is 208 g/mol. The van der Waals surface area contributed by atoms with Crippen LogP contribution in [0.1, 0.15) is 32.8 Å². The van der Waals surface area contributed by atoms with Crippen LogP contribution in [-0.4, -0.2) is 12.1 Å². The van der Waals surface area contributed by atoms with Crippen molar-refractivity contribution >= 4 is 0 Å². The lowest BCUT2D eigenvalue weighted by Crippen LogP contribution is -2.35. The largest absolute Gasteiger partial charge is 0.311 e. The first-order chi connectivity index (χ1) is 7.54. The minimum absolute atomic E-state index is 0.0707. The quantitative estimate of drug-likeness (QED) is 0.814. The molecule has 16 heavy (non-hydrogen) atoms. The van der Waals surface area contributed by atoms with Gasteiger partial charge in [0.25, 0.3) is 0 Å². The molecule has 1 N–H and O–H groups in total. The first-order valence-corrected chi connectivity index (χ1v) is 5.73. The fourth-order valence-electron chi connectivity index (χ4n) is 1.70. The van der Waals surface area contributed by atoms with E-state index in [0.717, 1.165) is 6.42 Å². The highest BCUT2D eigenvalue weighted by atomic mass is 19.1. The molecule has 0 bridgehead atoms. The maximum Gasteiger partial charge on any atom is 0.129 e. The molecule has 0 fully saturated rings. The van der Waals surface area contributed by atoms with Crippen LogP contribution in [0.2, 0.25) is 0 Å². The van der Waals surface area contributed by atoms with Crippen molar-refractivity contribution in [3.05, 3.63) is 35.4 Å². The van der Waals surface area contributed by atoms with Crippen LogP contribution >= 0.6 is 0 Å². The second-order valence-corrected chi connectivity index (χ2v) is 4.28. The van der Waals surface area contributed by atoms with Gasteiger partial charge in [0.1, 0.15) is 11.6 Å². The predicted octanol–water partition coefficient (Wildman–Crippen LogP) is 3.28. The van der Waals surface area contributed by atoms with Crippen LogP contribution in [0.25, 0.3) is 0 Å². The highest BCUT2D eigenvalue weighted by molar-refractivity contribution is 5.20. The van der Waals surface area contributed by atoms with Crippen LogP contribution in [0.3, 0.4) is 0 Å². The molecular formula is C13H19F2N. The summed E-state index contributed by atoms with van der Waals surface area (Å²) < 4.78 is 26.7. The zero-order valence-electron chi connectivity index (χ0n) is 10.1. The van der Waals surface area contributed by atoms with Crippen molar-refractivity contribution in [1.29, 1.82) is 0 Å². The van der Waals surface area contributed by atoms with E-state index in [1.165, 1.54) is 18.2 Å². The summed E-state index contributed by atoms with van der Waals surface area (Å²) in [6.07, 6.45) is 1.38. The molecule has 0 heterocycles. The third-order valence-corrected chi connectivity index (χ3v) is 2.75. The maximum atomic E-state index is 13.4. The maximum absolute atomic E-state index is 13.4. The summed E-state index contributed by atoms with van der Waals surface area (Å²) >= 11 is 0. The lowest BCUT2D eigenvalue weighted by molar-refractivity contribution is 0.441. The van der Waals surface area contributed by atoms with Crippen molar-refractivity contribution in [2.24, 2.45) is 0 Å². The Morgan fingerprint density at radius 3 is 2.19 bits per heavy atom. The number of benzene rings is 1. The normalized spacial score (nSPS) is 14.8. The van der Waals surface area contributed by atoms with Gasteiger partial charge in [0.05, 0.1) is 0 Å². The molecule has 0 aliphatic carbocycles. The summed E-state index contributed by atoms with van der Waals surface area (Å²) in [5.41, 5.74) is 0.172. The summed E-state index contributed by atoms with van der Waals surface area (Å²) in [6.45, 7) is 6.08. The van der Waals surface area contributed by atoms with E-state index in [0.29, 0.717) is 12.5 Å². The predicted molar refractivity (Wildman–Crippen MR) is 62.4 cm³/mol. The molecule has 1 aromatic rings. The van der Waals surface area contributed by atoms with Crippen molar-refractivity contribution < 1.29 is 8.78 Å². The van der Waals surface area contributed by atoms with E-state index in [2.05, 4.69) is 19.2 Å². The first-order valence-electron chi connectivity index (χ1n) is 5.73. The van der Waals surface area contributed by atoms with Crippen LogP contribution in [-0.2, 0) is 6.42 Å². The summed E-state index contributed by atoms with van der Waals surface area (Å²) in [5, 5.41) is 3.30. The lowest BCUT2D eigenvalue weighted by Gasteiger charge is -2.19. The fourth-order valence-corrected chi connectivity index (χ4v) is 1.70. The smallest absolute Gasteiger partial charge is 0.129 e. The molecule has 3 heteroatoms. The van der Waals surface area contributed by atoms with Gasteiger partial charge in [-0.25, -0.2) is 8.78 Å². The van der Waals surface area contributed by atoms with E-state index in [1.807, 2.05) is 6.92 Å². The molecule has 0 amide bonds. The number of hydrogen-bond acceptors (Lipinski definition) is 1. The van der Waals surface area contributed by atoms with Gasteiger partial charge in [-0.15, -0.1) is 0 Å². The van der Waals surface area contributed by atoms with Crippen LogP contribution in [0.5, 0.6) is 0 Å². The van der Waals surface area contributed by atoms with Crippen molar-refractivity contribution in [3.63, 3.8) is 0 Å². The van der Waals surface area contributed by atoms with Crippen LogP contribution in [0.15, 0.2) is 18.2 Å². The van der Waals surface area contributed by atoms with Crippen LogP contribution in [0.4, 0.5) is 8.78 Å². The second kappa shape index (κ2) is 5.94. The number of nitrogens with one attached hydrogen (secondary N) is 1. The van der Waals surface area contributed by atoms with Gasteiger partial charge < -0.3 is 5.32 Å². The molecule has 0 aliphatic heterocycles. The number of hydrogen-bond donors (Lipinski definition) is 1. The molecule has 0 saturated heterocycles. The minimum Gasteiger partial charge on any atom is -0.311 e. The second-order valence-electron chi connectivity index (χ2n) is 4.28. The van der Waals surface area contributed by atoms with Crippen molar-refractivity contribution in [3.8, 4) is 0 Å². The Bertz CT molecular complexity index is 318. The highest BCUT2D eigenvalue weighted by Crippen LogP contribution is 2.14. The molecule has 1 nitrogen and oxygen atoms in total. The Labute approximate surface area is 95.9 Å². The van der Waals surface area contributed by atoms with Gasteiger partial charge in [-0.3, -0.25) is 0 Å². The zero-order valence-corrected chi connectivity index (χ0v) is 10.1. The average molecular weight is 227 g/mol. The average Bonchev–Trinajstić information content (AvgIpc) is 2.23. The minimum atomic E-state index is -0.460. The molecule has 0 aliphatic rings. The van der Waals surface area contributed by atoms with E-state index >= 15 is 0 Å². The van der Waals surface area contributed by atoms with E-state index in [-0.39, 0.29) is 11.6 Å². The van der Waals surface area contributed by atoms with Gasteiger partial charge in [-0.1, -0.05) is 13.0 Å². The molecule has 1 aromatic carbocycles. The van der Waals surface area contributed by atoms with Gasteiger partial charge in [0.15, 0.2) is 0 Å². The van der Waals surface area contributed by atoms with Gasteiger partial charge in [-0.2, -0.15) is 0 Å².